The Morgan fingerprint density at radius 1 is 1.04 bits per heavy atom. The van der Waals surface area contributed by atoms with E-state index in [0.29, 0.717) is 0 Å². The quantitative estimate of drug-likeness (QED) is 0.719. The van der Waals surface area contributed by atoms with Crippen LogP contribution in [-0.2, 0) is 4.79 Å². The van der Waals surface area contributed by atoms with Crippen molar-refractivity contribution < 1.29 is 9.90 Å². The zero-order valence-electron chi connectivity index (χ0n) is 15.7. The summed E-state index contributed by atoms with van der Waals surface area (Å²) in [5.74, 6) is 0.00607. The van der Waals surface area contributed by atoms with Crippen LogP contribution in [0, 0.1) is 16.2 Å². The van der Waals surface area contributed by atoms with Crippen molar-refractivity contribution in [1.82, 2.24) is 5.32 Å². The number of rotatable bonds is 1. The van der Waals surface area contributed by atoms with E-state index in [1.165, 1.54) is 12.0 Å². The molecule has 3 aliphatic rings. The van der Waals surface area contributed by atoms with E-state index in [0.717, 1.165) is 37.7 Å². The maximum atomic E-state index is 11.8. The predicted molar refractivity (Wildman–Crippen MR) is 93.0 cm³/mol. The number of amides is 1. The minimum Gasteiger partial charge on any atom is -0.385 e. The molecule has 3 rings (SSSR count). The Bertz CT molecular complexity index is 574. The van der Waals surface area contributed by atoms with Crippen molar-refractivity contribution in [2.24, 2.45) is 16.2 Å². The molecule has 0 heterocycles. The highest BCUT2D eigenvalue weighted by Crippen LogP contribution is 2.62. The van der Waals surface area contributed by atoms with Crippen molar-refractivity contribution in [3.8, 4) is 0 Å². The van der Waals surface area contributed by atoms with Crippen molar-refractivity contribution in [3.05, 3.63) is 11.1 Å². The lowest BCUT2D eigenvalue weighted by Crippen LogP contribution is -2.58. The normalized spacial score (nSPS) is 41.3. The summed E-state index contributed by atoms with van der Waals surface area (Å²) in [7, 11) is 0. The summed E-state index contributed by atoms with van der Waals surface area (Å²) in [5.41, 5.74) is 2.36. The lowest BCUT2D eigenvalue weighted by atomic mass is 9.49. The standard InChI is InChI=1S/C20H33NO2/c1-13(22)21-15-9-17(2,3)7-14-8-19(6)10-18(4,5)11-20(23,12-19)16(14)15/h15,23H,7-12H2,1-6H3,(H,21,22)/t15-,19+,20+/m0/s1. The molecular weight excluding hydrogens is 286 g/mol. The summed E-state index contributed by atoms with van der Waals surface area (Å²) in [6, 6.07) is -0.00491. The summed E-state index contributed by atoms with van der Waals surface area (Å²) in [6.07, 6.45) is 5.88. The molecule has 2 bridgehead atoms. The molecule has 0 aromatic heterocycles. The molecule has 1 saturated carbocycles. The monoisotopic (exact) mass is 319 g/mol. The second kappa shape index (κ2) is 4.84. The van der Waals surface area contributed by atoms with Crippen LogP contribution in [-0.4, -0.2) is 22.7 Å². The largest absolute Gasteiger partial charge is 0.385 e. The van der Waals surface area contributed by atoms with Crippen LogP contribution in [0.15, 0.2) is 11.1 Å². The van der Waals surface area contributed by atoms with Crippen molar-refractivity contribution >= 4 is 5.91 Å². The highest BCUT2D eigenvalue weighted by molar-refractivity contribution is 5.74. The molecule has 0 radical (unpaired) electrons. The van der Waals surface area contributed by atoms with Crippen molar-refractivity contribution in [2.45, 2.75) is 91.7 Å². The summed E-state index contributed by atoms with van der Waals surface area (Å²) in [6.45, 7) is 13.1. The highest BCUT2D eigenvalue weighted by Gasteiger charge is 2.57. The van der Waals surface area contributed by atoms with Gasteiger partial charge in [-0.3, -0.25) is 4.79 Å². The Balaban J connectivity index is 2.09. The molecule has 23 heavy (non-hydrogen) atoms. The number of allylic oxidation sites excluding steroid dienone is 1. The molecule has 0 saturated heterocycles. The van der Waals surface area contributed by atoms with E-state index in [9.17, 15) is 9.90 Å². The SMILES string of the molecule is CC(=O)N[C@H]1CC(C)(C)CC2=C1[C@@]1(O)CC(C)(C)C[C@@](C)(C2)C1. The second-order valence-corrected chi connectivity index (χ2v) is 10.5. The number of hydrogen-bond acceptors (Lipinski definition) is 2. The van der Waals surface area contributed by atoms with Crippen LogP contribution in [0.3, 0.4) is 0 Å². The van der Waals surface area contributed by atoms with Crippen LogP contribution in [0.1, 0.15) is 80.1 Å². The molecule has 1 fully saturated rings. The predicted octanol–water partition coefficient (Wildman–Crippen LogP) is 3.96. The molecule has 0 spiro atoms. The van der Waals surface area contributed by atoms with Gasteiger partial charge in [0.15, 0.2) is 0 Å². The molecule has 0 aromatic carbocycles. The van der Waals surface area contributed by atoms with Gasteiger partial charge in [-0.05, 0) is 60.3 Å². The number of carbonyl (C=O) groups is 1. The van der Waals surface area contributed by atoms with Crippen LogP contribution >= 0.6 is 0 Å². The van der Waals surface area contributed by atoms with Gasteiger partial charge < -0.3 is 10.4 Å². The summed E-state index contributed by atoms with van der Waals surface area (Å²) >= 11 is 0. The van der Waals surface area contributed by atoms with Gasteiger partial charge in [-0.2, -0.15) is 0 Å². The maximum Gasteiger partial charge on any atom is 0.217 e. The number of fused-ring (bicyclic) bond motifs is 3. The first-order chi connectivity index (χ1) is 10.3. The molecule has 3 aliphatic carbocycles. The zero-order valence-corrected chi connectivity index (χ0v) is 15.7. The molecule has 2 N–H and O–H groups in total. The summed E-state index contributed by atoms with van der Waals surface area (Å²) in [5, 5.41) is 14.8. The maximum absolute atomic E-state index is 11.8. The van der Waals surface area contributed by atoms with Gasteiger partial charge in [0.25, 0.3) is 0 Å². The van der Waals surface area contributed by atoms with E-state index >= 15 is 0 Å². The molecule has 1 amide bonds. The lowest BCUT2D eigenvalue weighted by Gasteiger charge is -2.59. The first-order valence-electron chi connectivity index (χ1n) is 9.05. The lowest BCUT2D eigenvalue weighted by molar-refractivity contribution is -0.120. The van der Waals surface area contributed by atoms with Crippen LogP contribution < -0.4 is 5.32 Å². The molecule has 0 aliphatic heterocycles. The molecule has 130 valence electrons. The third-order valence-corrected chi connectivity index (χ3v) is 6.09. The first-order valence-corrected chi connectivity index (χ1v) is 9.05. The fraction of sp³-hybridized carbons (Fsp3) is 0.850. The zero-order chi connectivity index (χ0) is 17.3. The summed E-state index contributed by atoms with van der Waals surface area (Å²) < 4.78 is 0. The molecular formula is C20H33NO2. The molecule has 0 unspecified atom stereocenters. The van der Waals surface area contributed by atoms with Crippen molar-refractivity contribution in [3.63, 3.8) is 0 Å². The highest BCUT2D eigenvalue weighted by atomic mass is 16.3. The van der Waals surface area contributed by atoms with Crippen molar-refractivity contribution in [2.75, 3.05) is 0 Å². The third kappa shape index (κ3) is 3.09. The third-order valence-electron chi connectivity index (χ3n) is 6.09. The van der Waals surface area contributed by atoms with Gasteiger partial charge in [0.05, 0.1) is 11.6 Å². The number of aliphatic hydroxyl groups is 1. The fourth-order valence-corrected chi connectivity index (χ4v) is 6.50. The van der Waals surface area contributed by atoms with E-state index in [4.69, 9.17) is 0 Å². The van der Waals surface area contributed by atoms with Crippen LogP contribution in [0.2, 0.25) is 0 Å². The first kappa shape index (κ1) is 17.0. The van der Waals surface area contributed by atoms with E-state index in [1.54, 1.807) is 6.92 Å². The van der Waals surface area contributed by atoms with E-state index in [2.05, 4.69) is 39.9 Å². The average molecular weight is 319 g/mol. The minimum atomic E-state index is -0.742. The van der Waals surface area contributed by atoms with E-state index in [-0.39, 0.29) is 28.2 Å². The van der Waals surface area contributed by atoms with Gasteiger partial charge in [-0.15, -0.1) is 0 Å². The Kier molecular flexibility index (Phi) is 3.58. The number of carbonyl (C=O) groups excluding carboxylic acids is 1. The number of nitrogens with one attached hydrogen (secondary N) is 1. The van der Waals surface area contributed by atoms with E-state index < -0.39 is 5.60 Å². The van der Waals surface area contributed by atoms with Gasteiger partial charge >= 0.3 is 0 Å². The molecule has 3 atom stereocenters. The fourth-order valence-electron chi connectivity index (χ4n) is 6.50. The second-order valence-electron chi connectivity index (χ2n) is 10.5. The van der Waals surface area contributed by atoms with Crippen LogP contribution in [0.25, 0.3) is 0 Å². The smallest absolute Gasteiger partial charge is 0.217 e. The average Bonchev–Trinajstić information content (AvgIpc) is 2.18. The topological polar surface area (TPSA) is 49.3 Å². The summed E-state index contributed by atoms with van der Waals surface area (Å²) in [4.78, 5) is 11.8. The van der Waals surface area contributed by atoms with Gasteiger partial charge in [-0.25, -0.2) is 0 Å². The minimum absolute atomic E-state index is 0.00491. The van der Waals surface area contributed by atoms with E-state index in [1.807, 2.05) is 0 Å². The van der Waals surface area contributed by atoms with Crippen LogP contribution in [0.4, 0.5) is 0 Å². The molecule has 3 heteroatoms. The number of hydrogen-bond donors (Lipinski definition) is 2. The Labute approximate surface area is 140 Å². The Hall–Kier alpha value is -0.830. The Morgan fingerprint density at radius 2 is 1.70 bits per heavy atom. The Morgan fingerprint density at radius 3 is 2.30 bits per heavy atom. The van der Waals surface area contributed by atoms with Gasteiger partial charge in [0.1, 0.15) is 0 Å². The van der Waals surface area contributed by atoms with Crippen molar-refractivity contribution in [1.29, 1.82) is 0 Å². The van der Waals surface area contributed by atoms with Gasteiger partial charge in [0, 0.05) is 6.92 Å². The van der Waals surface area contributed by atoms with Crippen LogP contribution in [0.5, 0.6) is 0 Å². The molecule has 0 aromatic rings. The molecule has 3 nitrogen and oxygen atoms in total. The van der Waals surface area contributed by atoms with Gasteiger partial charge in [0.2, 0.25) is 5.91 Å². The van der Waals surface area contributed by atoms with Gasteiger partial charge in [-0.1, -0.05) is 40.2 Å².